The number of furan rings is 1. The van der Waals surface area contributed by atoms with Crippen LogP contribution in [0.15, 0.2) is 138 Å². The average Bonchev–Trinajstić information content (AvgIpc) is 3.76. The second-order valence-electron chi connectivity index (χ2n) is 14.7. The van der Waals surface area contributed by atoms with Crippen LogP contribution in [-0.2, 0) is 26.5 Å². The summed E-state index contributed by atoms with van der Waals surface area (Å²) in [7, 11) is 0. The van der Waals surface area contributed by atoms with Crippen molar-refractivity contribution in [3.05, 3.63) is 174 Å². The van der Waals surface area contributed by atoms with Gasteiger partial charge in [0.15, 0.2) is 0 Å². The van der Waals surface area contributed by atoms with Crippen LogP contribution in [0.3, 0.4) is 0 Å². The average molecular weight is 958 g/mol. The summed E-state index contributed by atoms with van der Waals surface area (Å²) < 4.78 is 27.3. The molecule has 0 N–H and O–H groups in total. The van der Waals surface area contributed by atoms with Crippen LogP contribution in [0.5, 0.6) is 0 Å². The van der Waals surface area contributed by atoms with Crippen LogP contribution < -0.4 is 4.40 Å². The molecular formula is C48H42GeIrN4O-2. The van der Waals surface area contributed by atoms with Crippen molar-refractivity contribution in [2.45, 2.75) is 44.4 Å². The van der Waals surface area contributed by atoms with E-state index < -0.39 is 19.6 Å². The van der Waals surface area contributed by atoms with Crippen LogP contribution in [0.4, 0.5) is 0 Å². The number of pyridine rings is 2. The largest absolute Gasteiger partial charge is 0 e. The Morgan fingerprint density at radius 1 is 0.745 bits per heavy atom. The van der Waals surface area contributed by atoms with E-state index in [0.29, 0.717) is 11.3 Å². The van der Waals surface area contributed by atoms with E-state index in [1.807, 2.05) is 110 Å². The first-order valence-electron chi connectivity index (χ1n) is 19.2. The summed E-state index contributed by atoms with van der Waals surface area (Å²) in [6.07, 6.45) is 0.341. The van der Waals surface area contributed by atoms with Crippen molar-refractivity contribution in [3.63, 3.8) is 0 Å². The van der Waals surface area contributed by atoms with Crippen molar-refractivity contribution in [2.24, 2.45) is 0 Å². The zero-order valence-electron chi connectivity index (χ0n) is 33.7. The van der Waals surface area contributed by atoms with E-state index in [4.69, 9.17) is 12.1 Å². The molecule has 7 heteroatoms. The summed E-state index contributed by atoms with van der Waals surface area (Å²) in [5, 5.41) is 2.03. The van der Waals surface area contributed by atoms with E-state index in [-0.39, 0.29) is 20.1 Å². The number of hydrogen-bond donors (Lipinski definition) is 0. The third kappa shape index (κ3) is 7.99. The van der Waals surface area contributed by atoms with Gasteiger partial charge < -0.3 is 8.98 Å². The molecule has 0 spiro atoms. The number of nitrogens with zero attached hydrogens (tertiary/aromatic N) is 4. The molecule has 0 fully saturated rings. The SMILES string of the molecule is Cc1cc(C)cc(-n2c(-c3[c-]ccc4c3oc3nc(C)ccc34)nc3ccccc32)c1.[2H]C([2H])(c1ccccc1)c1cc(-c2[c-]cccc2)nc[c]1[Ge]([CH3])([CH3])[CH3].[Ir]. The van der Waals surface area contributed by atoms with Gasteiger partial charge in [-0.3, -0.25) is 4.98 Å². The minimum atomic E-state index is -2.30. The molecule has 1 radical (unpaired) electrons. The van der Waals surface area contributed by atoms with Gasteiger partial charge in [0.25, 0.3) is 0 Å². The number of rotatable bonds is 6. The monoisotopic (exact) mass is 959 g/mol. The fraction of sp³-hybridized carbons (Fsp3) is 0.146. The van der Waals surface area contributed by atoms with Gasteiger partial charge in [0.2, 0.25) is 5.71 Å². The Morgan fingerprint density at radius 2 is 1.49 bits per heavy atom. The Kier molecular flexibility index (Phi) is 10.3. The van der Waals surface area contributed by atoms with Crippen molar-refractivity contribution in [1.82, 2.24) is 19.5 Å². The van der Waals surface area contributed by atoms with Crippen LogP contribution in [0.1, 0.15) is 30.7 Å². The number of aryl methyl sites for hydroxylation is 3. The first-order chi connectivity index (χ1) is 26.9. The van der Waals surface area contributed by atoms with Crippen LogP contribution in [-0.4, -0.2) is 32.8 Å². The number of imidazole rings is 1. The Hall–Kier alpha value is -5.14. The molecule has 0 amide bonds. The minimum absolute atomic E-state index is 0. The topological polar surface area (TPSA) is 56.7 Å². The van der Waals surface area contributed by atoms with Gasteiger partial charge in [-0.05, 0) is 68.3 Å². The Morgan fingerprint density at radius 3 is 2.24 bits per heavy atom. The molecule has 55 heavy (non-hydrogen) atoms. The number of aromatic nitrogens is 4. The Labute approximate surface area is 342 Å². The van der Waals surface area contributed by atoms with Gasteiger partial charge in [0.1, 0.15) is 0 Å². The normalized spacial score (nSPS) is 12.2. The van der Waals surface area contributed by atoms with E-state index in [0.717, 1.165) is 71.4 Å². The van der Waals surface area contributed by atoms with Gasteiger partial charge >= 0.3 is 144 Å². The third-order valence-electron chi connectivity index (χ3n) is 9.44. The first-order valence-corrected chi connectivity index (χ1v) is 25.5. The predicted molar refractivity (Wildman–Crippen MR) is 225 cm³/mol. The number of benzene rings is 5. The van der Waals surface area contributed by atoms with Crippen molar-refractivity contribution in [1.29, 1.82) is 0 Å². The summed E-state index contributed by atoms with van der Waals surface area (Å²) in [6, 6.07) is 48.4. The van der Waals surface area contributed by atoms with Gasteiger partial charge in [-0.2, -0.15) is 0 Å². The molecule has 0 saturated carbocycles. The predicted octanol–water partition coefficient (Wildman–Crippen LogP) is 11.4. The van der Waals surface area contributed by atoms with Gasteiger partial charge in [0, 0.05) is 36.9 Å². The van der Waals surface area contributed by atoms with Gasteiger partial charge in [-0.25, -0.2) is 4.98 Å². The molecule has 0 atom stereocenters. The molecule has 275 valence electrons. The Bertz CT molecular complexity index is 2850. The summed E-state index contributed by atoms with van der Waals surface area (Å²) in [5.74, 6) is 7.63. The molecule has 0 aliphatic heterocycles. The van der Waals surface area contributed by atoms with Gasteiger partial charge in [-0.15, -0.1) is 18.2 Å². The smallest absolute Gasteiger partial charge is 0 e. The molecule has 0 unspecified atom stereocenters. The second-order valence-corrected chi connectivity index (χ2v) is 25.3. The van der Waals surface area contributed by atoms with Crippen LogP contribution in [0.25, 0.3) is 61.4 Å². The summed E-state index contributed by atoms with van der Waals surface area (Å²) in [4.78, 5) is 14.2. The Balaban J connectivity index is 0.000000175. The standard InChI is InChI=1S/C27H20N3O.C21H22GeN.Ir/c1-16-13-17(2)15-19(14-16)30-24-10-5-4-9-23(24)29-26(30)22-8-6-7-20-21-12-11-18(3)28-27(21)31-25(20)22;1-22(2,3)20-16-23-21(18-12-8-5-9-13-18)15-19(20)14-17-10-6-4-7-11-17;/h4-7,9-15H,1-3H3;4-12,15-16H,14H2,1-3H3;/q2*-1;/i;14D2;. The second kappa shape index (κ2) is 15.9. The first kappa shape index (κ1) is 35.6. The fourth-order valence-electron chi connectivity index (χ4n) is 6.95. The number of hydrogen-bond acceptors (Lipinski definition) is 4. The molecule has 0 saturated heterocycles. The quantitative estimate of drug-likeness (QED) is 0.123. The van der Waals surface area contributed by atoms with E-state index in [9.17, 15) is 0 Å². The van der Waals surface area contributed by atoms with Gasteiger partial charge in [-0.1, -0.05) is 29.1 Å². The molecule has 0 aliphatic carbocycles. The zero-order chi connectivity index (χ0) is 39.2. The molecule has 5 nitrogen and oxygen atoms in total. The van der Waals surface area contributed by atoms with E-state index in [2.05, 4.69) is 88.1 Å². The van der Waals surface area contributed by atoms with Crippen molar-refractivity contribution in [3.8, 4) is 28.3 Å². The van der Waals surface area contributed by atoms with Crippen LogP contribution in [0.2, 0.25) is 17.3 Å². The van der Waals surface area contributed by atoms with Crippen LogP contribution >= 0.6 is 0 Å². The van der Waals surface area contributed by atoms with Crippen molar-refractivity contribution >= 4 is 50.8 Å². The van der Waals surface area contributed by atoms with E-state index in [1.54, 1.807) is 0 Å². The van der Waals surface area contributed by atoms with Gasteiger partial charge in [0.05, 0.1) is 22.4 Å². The van der Waals surface area contributed by atoms with E-state index in [1.165, 1.54) is 11.1 Å². The minimum Gasteiger partial charge on any atom is 0 e. The molecule has 5 aromatic carbocycles. The number of fused-ring (bicyclic) bond motifs is 4. The summed E-state index contributed by atoms with van der Waals surface area (Å²) in [6.45, 7) is 6.21. The maximum Gasteiger partial charge on any atom is 0 e. The zero-order valence-corrected chi connectivity index (χ0v) is 36.2. The van der Waals surface area contributed by atoms with Crippen molar-refractivity contribution < 1.29 is 27.3 Å². The molecular weight excluding hydrogens is 913 g/mol. The summed E-state index contributed by atoms with van der Waals surface area (Å²) >= 11 is -2.30. The van der Waals surface area contributed by atoms with Crippen LogP contribution in [0, 0.1) is 32.9 Å². The number of para-hydroxylation sites is 2. The maximum atomic E-state index is 8.85. The summed E-state index contributed by atoms with van der Waals surface area (Å²) in [5.41, 5.74) is 11.7. The molecule has 4 aromatic heterocycles. The van der Waals surface area contributed by atoms with Crippen molar-refractivity contribution in [2.75, 3.05) is 0 Å². The third-order valence-corrected chi connectivity index (χ3v) is 13.7. The van der Waals surface area contributed by atoms with E-state index >= 15 is 0 Å². The maximum absolute atomic E-state index is 8.85. The molecule has 9 rings (SSSR count). The fourth-order valence-corrected chi connectivity index (χ4v) is 9.87. The molecule has 0 aliphatic rings. The molecule has 4 heterocycles. The molecule has 9 aromatic rings. The molecule has 0 bridgehead atoms.